The second kappa shape index (κ2) is 7.22. The Morgan fingerprint density at radius 1 is 0.862 bits per heavy atom. The first kappa shape index (κ1) is 19.0. The van der Waals surface area contributed by atoms with Crippen LogP contribution in [0.2, 0.25) is 0 Å². The maximum Gasteiger partial charge on any atom is 0.335 e. The van der Waals surface area contributed by atoms with Gasteiger partial charge in [-0.15, -0.1) is 0 Å². The molecule has 4 aromatic rings. The molecule has 0 aromatic heterocycles. The molecule has 1 unspecified atom stereocenters. The Hall–Kier alpha value is -3.37. The van der Waals surface area contributed by atoms with E-state index in [0.717, 1.165) is 49.5 Å². The van der Waals surface area contributed by atoms with Gasteiger partial charge in [-0.25, -0.2) is 4.79 Å². The molecule has 2 N–H and O–H groups in total. The Kier molecular flexibility index (Phi) is 4.73. The average Bonchev–Trinajstić information content (AvgIpc) is 2.74. The first-order valence-corrected chi connectivity index (χ1v) is 9.42. The van der Waals surface area contributed by atoms with E-state index in [-0.39, 0.29) is 5.56 Å². The van der Waals surface area contributed by atoms with Crippen LogP contribution in [-0.2, 0) is 0 Å². The van der Waals surface area contributed by atoms with Crippen molar-refractivity contribution in [1.29, 1.82) is 0 Å². The number of aromatic carboxylic acids is 1. The van der Waals surface area contributed by atoms with Crippen LogP contribution in [0.3, 0.4) is 0 Å². The minimum Gasteiger partial charge on any atom is -0.496 e. The average molecular weight is 386 g/mol. The van der Waals surface area contributed by atoms with Crippen LogP contribution in [0.4, 0.5) is 0 Å². The summed E-state index contributed by atoms with van der Waals surface area (Å²) in [6.45, 7) is 4.07. The van der Waals surface area contributed by atoms with Gasteiger partial charge in [0.1, 0.15) is 11.9 Å². The van der Waals surface area contributed by atoms with Crippen molar-refractivity contribution >= 4 is 27.5 Å². The van der Waals surface area contributed by atoms with Gasteiger partial charge in [0.15, 0.2) is 0 Å². The number of aliphatic hydroxyl groups is 1. The van der Waals surface area contributed by atoms with Crippen molar-refractivity contribution in [2.24, 2.45) is 0 Å². The number of aryl methyl sites for hydroxylation is 2. The molecule has 29 heavy (non-hydrogen) atoms. The third-order valence-corrected chi connectivity index (χ3v) is 5.55. The monoisotopic (exact) mass is 386 g/mol. The molecule has 0 aliphatic rings. The molecule has 4 heteroatoms. The SMILES string of the molecule is COc1cc(C)c2cc(C(O)c3ccc4cc(C(=O)O)ccc4c3)ccc2c1C. The number of rotatable bonds is 4. The molecule has 0 spiro atoms. The van der Waals surface area contributed by atoms with Gasteiger partial charge in [-0.05, 0) is 88.0 Å². The number of fused-ring (bicyclic) bond motifs is 2. The molecule has 4 nitrogen and oxygen atoms in total. The van der Waals surface area contributed by atoms with Crippen LogP contribution in [0.5, 0.6) is 5.75 Å². The van der Waals surface area contributed by atoms with Gasteiger partial charge in [-0.1, -0.05) is 30.3 Å². The predicted molar refractivity (Wildman–Crippen MR) is 115 cm³/mol. The van der Waals surface area contributed by atoms with E-state index < -0.39 is 12.1 Å². The Labute approximate surface area is 169 Å². The highest BCUT2D eigenvalue weighted by Crippen LogP contribution is 2.34. The molecular formula is C25H22O4. The second-order valence-electron chi connectivity index (χ2n) is 7.35. The van der Waals surface area contributed by atoms with Crippen molar-refractivity contribution in [3.8, 4) is 5.75 Å². The normalized spacial score (nSPS) is 12.3. The lowest BCUT2D eigenvalue weighted by Gasteiger charge is -2.16. The zero-order chi connectivity index (χ0) is 20.7. The lowest BCUT2D eigenvalue weighted by Crippen LogP contribution is -2.01. The first-order valence-electron chi connectivity index (χ1n) is 9.42. The highest BCUT2D eigenvalue weighted by Gasteiger charge is 2.15. The topological polar surface area (TPSA) is 66.8 Å². The molecule has 4 aromatic carbocycles. The van der Waals surface area contributed by atoms with Gasteiger partial charge in [0, 0.05) is 0 Å². The highest BCUT2D eigenvalue weighted by atomic mass is 16.5. The van der Waals surface area contributed by atoms with E-state index in [9.17, 15) is 9.90 Å². The third-order valence-electron chi connectivity index (χ3n) is 5.55. The summed E-state index contributed by atoms with van der Waals surface area (Å²) in [5.41, 5.74) is 4.00. The van der Waals surface area contributed by atoms with Crippen molar-refractivity contribution in [3.63, 3.8) is 0 Å². The van der Waals surface area contributed by atoms with Crippen molar-refractivity contribution in [1.82, 2.24) is 0 Å². The maximum atomic E-state index is 11.2. The Bertz CT molecular complexity index is 1260. The van der Waals surface area contributed by atoms with Crippen LogP contribution < -0.4 is 4.74 Å². The van der Waals surface area contributed by atoms with E-state index in [1.807, 2.05) is 56.3 Å². The summed E-state index contributed by atoms with van der Waals surface area (Å²) in [7, 11) is 1.67. The molecule has 0 aliphatic carbocycles. The summed E-state index contributed by atoms with van der Waals surface area (Å²) in [6, 6.07) is 18.6. The summed E-state index contributed by atoms with van der Waals surface area (Å²) in [5.74, 6) is -0.0898. The van der Waals surface area contributed by atoms with Crippen LogP contribution in [0.15, 0.2) is 60.7 Å². The van der Waals surface area contributed by atoms with Gasteiger partial charge in [0.25, 0.3) is 0 Å². The van der Waals surface area contributed by atoms with Gasteiger partial charge in [-0.2, -0.15) is 0 Å². The number of hydrogen-bond acceptors (Lipinski definition) is 3. The quantitative estimate of drug-likeness (QED) is 0.493. The predicted octanol–water partition coefficient (Wildman–Crippen LogP) is 5.40. The Morgan fingerprint density at radius 2 is 1.52 bits per heavy atom. The summed E-state index contributed by atoms with van der Waals surface area (Å²) in [6.07, 6.45) is -0.773. The van der Waals surface area contributed by atoms with Gasteiger partial charge in [0.2, 0.25) is 0 Å². The van der Waals surface area contributed by atoms with Crippen LogP contribution in [0.1, 0.15) is 38.7 Å². The van der Waals surface area contributed by atoms with Crippen LogP contribution in [0, 0.1) is 13.8 Å². The summed E-state index contributed by atoms with van der Waals surface area (Å²) in [4.78, 5) is 11.2. The van der Waals surface area contributed by atoms with Crippen molar-refractivity contribution < 1.29 is 19.7 Å². The Morgan fingerprint density at radius 3 is 2.24 bits per heavy atom. The largest absolute Gasteiger partial charge is 0.496 e. The van der Waals surface area contributed by atoms with Gasteiger partial charge in [-0.3, -0.25) is 0 Å². The summed E-state index contributed by atoms with van der Waals surface area (Å²) >= 11 is 0. The van der Waals surface area contributed by atoms with Crippen LogP contribution >= 0.6 is 0 Å². The number of carboxylic acid groups (broad SMARTS) is 1. The fourth-order valence-electron chi connectivity index (χ4n) is 3.87. The molecule has 146 valence electrons. The molecule has 0 heterocycles. The number of methoxy groups -OCH3 is 1. The Balaban J connectivity index is 1.76. The maximum absolute atomic E-state index is 11.2. The number of aliphatic hydroxyl groups excluding tert-OH is 1. The minimum absolute atomic E-state index is 0.251. The standard InChI is InChI=1S/C25H22O4/c1-14-10-23(29-3)15(2)21-9-8-19(13-22(14)21)24(26)18-6-4-17-12-20(25(27)28)7-5-16(17)11-18/h4-13,24,26H,1-3H3,(H,27,28). The summed E-state index contributed by atoms with van der Waals surface area (Å²) in [5, 5.41) is 24.1. The lowest BCUT2D eigenvalue weighted by atomic mass is 9.93. The van der Waals surface area contributed by atoms with E-state index in [2.05, 4.69) is 0 Å². The number of ether oxygens (including phenoxy) is 1. The molecule has 0 fully saturated rings. The smallest absolute Gasteiger partial charge is 0.335 e. The molecule has 4 rings (SSSR count). The van der Waals surface area contributed by atoms with Gasteiger partial charge < -0.3 is 14.9 Å². The van der Waals surface area contributed by atoms with Gasteiger partial charge in [0.05, 0.1) is 12.7 Å². The highest BCUT2D eigenvalue weighted by molar-refractivity contribution is 5.95. The zero-order valence-electron chi connectivity index (χ0n) is 16.6. The molecule has 0 saturated carbocycles. The molecule has 0 bridgehead atoms. The molecule has 0 amide bonds. The first-order chi connectivity index (χ1) is 13.9. The van der Waals surface area contributed by atoms with Crippen LogP contribution in [0.25, 0.3) is 21.5 Å². The fourth-order valence-corrected chi connectivity index (χ4v) is 3.87. The van der Waals surface area contributed by atoms with E-state index in [4.69, 9.17) is 9.84 Å². The fraction of sp³-hybridized carbons (Fsp3) is 0.160. The summed E-state index contributed by atoms with van der Waals surface area (Å²) < 4.78 is 5.46. The minimum atomic E-state index is -0.950. The second-order valence-corrected chi connectivity index (χ2v) is 7.35. The number of hydrogen-bond donors (Lipinski definition) is 2. The van der Waals surface area contributed by atoms with E-state index in [0.29, 0.717) is 0 Å². The third kappa shape index (κ3) is 3.32. The van der Waals surface area contributed by atoms with Crippen molar-refractivity contribution in [2.75, 3.05) is 7.11 Å². The molecule has 0 saturated heterocycles. The lowest BCUT2D eigenvalue weighted by molar-refractivity contribution is 0.0697. The van der Waals surface area contributed by atoms with Crippen LogP contribution in [-0.4, -0.2) is 23.3 Å². The molecule has 0 radical (unpaired) electrons. The van der Waals surface area contributed by atoms with Crippen molar-refractivity contribution in [2.45, 2.75) is 20.0 Å². The van der Waals surface area contributed by atoms with E-state index in [1.54, 1.807) is 25.3 Å². The zero-order valence-corrected chi connectivity index (χ0v) is 16.6. The number of carbonyl (C=O) groups is 1. The molecule has 0 aliphatic heterocycles. The van der Waals surface area contributed by atoms with E-state index in [1.165, 1.54) is 0 Å². The molecular weight excluding hydrogens is 364 g/mol. The van der Waals surface area contributed by atoms with Crippen molar-refractivity contribution in [3.05, 3.63) is 88.5 Å². The van der Waals surface area contributed by atoms with E-state index >= 15 is 0 Å². The number of carboxylic acids is 1. The van der Waals surface area contributed by atoms with Gasteiger partial charge >= 0.3 is 5.97 Å². The number of benzene rings is 4. The molecule has 1 atom stereocenters.